The largest absolute Gasteiger partial charge is 0.274 e. The van der Waals surface area contributed by atoms with Crippen molar-refractivity contribution in [3.8, 4) is 0 Å². The average molecular weight is 334 g/mol. The van der Waals surface area contributed by atoms with E-state index in [0.717, 1.165) is 25.1 Å². The molecule has 3 aliphatic heterocycles. The number of hydrazine groups is 1. The van der Waals surface area contributed by atoms with Gasteiger partial charge in [0.2, 0.25) is 5.91 Å². The van der Waals surface area contributed by atoms with Crippen molar-refractivity contribution in [1.82, 2.24) is 15.0 Å². The molecule has 0 spiro atoms. The van der Waals surface area contributed by atoms with Crippen LogP contribution in [-0.4, -0.2) is 45.9 Å². The van der Waals surface area contributed by atoms with Crippen molar-refractivity contribution in [3.63, 3.8) is 0 Å². The molecule has 0 N–H and O–H groups in total. The van der Waals surface area contributed by atoms with E-state index in [-0.39, 0.29) is 23.8 Å². The highest BCUT2D eigenvalue weighted by Gasteiger charge is 2.62. The summed E-state index contributed by atoms with van der Waals surface area (Å²) in [6.45, 7) is 1.70. The summed E-state index contributed by atoms with van der Waals surface area (Å²) in [5, 5.41) is 4.32. The van der Waals surface area contributed by atoms with Gasteiger partial charge in [0.25, 0.3) is 5.91 Å². The number of aromatic nitrogens is 1. The third-order valence-corrected chi connectivity index (χ3v) is 5.47. The van der Waals surface area contributed by atoms with Crippen LogP contribution in [0.1, 0.15) is 18.0 Å². The number of imide groups is 1. The molecule has 1 aromatic heterocycles. The molecule has 25 heavy (non-hydrogen) atoms. The van der Waals surface area contributed by atoms with E-state index in [0.29, 0.717) is 5.69 Å². The number of nitrogens with zero attached hydrogens (tertiary/aromatic N) is 4. The van der Waals surface area contributed by atoms with Gasteiger partial charge in [0.15, 0.2) is 0 Å². The van der Waals surface area contributed by atoms with Gasteiger partial charge in [-0.25, -0.2) is 14.9 Å². The number of hydrogen-bond acceptors (Lipinski definition) is 5. The zero-order chi connectivity index (χ0) is 17.0. The lowest BCUT2D eigenvalue weighted by molar-refractivity contribution is -0.126. The number of rotatable bonds is 2. The highest BCUT2D eigenvalue weighted by molar-refractivity contribution is 6.24. The monoisotopic (exact) mass is 334 g/mol. The third-order valence-electron chi connectivity index (χ3n) is 5.47. The maximum atomic E-state index is 13.2. The van der Waals surface area contributed by atoms with E-state index in [1.165, 1.54) is 4.90 Å². The number of fused-ring (bicyclic) bond motifs is 3. The number of amides is 2. The van der Waals surface area contributed by atoms with Crippen molar-refractivity contribution >= 4 is 17.5 Å². The summed E-state index contributed by atoms with van der Waals surface area (Å²) < 4.78 is 0. The Morgan fingerprint density at radius 1 is 0.840 bits per heavy atom. The van der Waals surface area contributed by atoms with Gasteiger partial charge in [-0.3, -0.25) is 14.6 Å². The summed E-state index contributed by atoms with van der Waals surface area (Å²) >= 11 is 0. The van der Waals surface area contributed by atoms with E-state index in [2.05, 4.69) is 15.0 Å². The highest BCUT2D eigenvalue weighted by atomic mass is 16.2. The molecule has 0 saturated carbocycles. The van der Waals surface area contributed by atoms with Crippen LogP contribution in [0.5, 0.6) is 0 Å². The fourth-order valence-corrected chi connectivity index (χ4v) is 4.51. The second-order valence-corrected chi connectivity index (χ2v) is 6.72. The molecule has 5 rings (SSSR count). The third kappa shape index (κ3) is 2.01. The molecule has 2 aromatic rings. The number of carbonyl (C=O) groups excluding carboxylic acids is 2. The minimum atomic E-state index is -0.395. The van der Waals surface area contributed by atoms with Crippen molar-refractivity contribution in [1.29, 1.82) is 0 Å². The summed E-state index contributed by atoms with van der Waals surface area (Å²) in [6, 6.07) is 12.6. The Labute approximate surface area is 145 Å². The molecule has 0 aliphatic carbocycles. The number of anilines is 1. The Hall–Kier alpha value is -2.57. The zero-order valence-electron chi connectivity index (χ0n) is 13.7. The van der Waals surface area contributed by atoms with E-state index < -0.39 is 6.04 Å². The minimum absolute atomic E-state index is 0.0966. The van der Waals surface area contributed by atoms with Crippen molar-refractivity contribution in [3.05, 3.63) is 60.4 Å². The van der Waals surface area contributed by atoms with Gasteiger partial charge in [0, 0.05) is 25.5 Å². The molecule has 6 heteroatoms. The molecular weight excluding hydrogens is 316 g/mol. The standard InChI is InChI=1S/C19H18N4O2/c24-18-15-16(13-7-9-20-10-8-13)21-11-4-12-22(21)17(15)19(25)23(18)14-5-2-1-3-6-14/h1-3,5-10,15-17H,4,11-12H2. The number of benzene rings is 1. The lowest BCUT2D eigenvalue weighted by atomic mass is 9.90. The van der Waals surface area contributed by atoms with Crippen molar-refractivity contribution in [2.24, 2.45) is 5.92 Å². The fourth-order valence-electron chi connectivity index (χ4n) is 4.51. The Bertz CT molecular complexity index is 826. The second kappa shape index (κ2) is 5.47. The van der Waals surface area contributed by atoms with Crippen LogP contribution in [0.25, 0.3) is 0 Å². The van der Waals surface area contributed by atoms with Crippen LogP contribution in [0.15, 0.2) is 54.9 Å². The molecule has 4 heterocycles. The van der Waals surface area contributed by atoms with Crippen molar-refractivity contribution in [2.75, 3.05) is 18.0 Å². The topological polar surface area (TPSA) is 56.8 Å². The smallest absolute Gasteiger partial charge is 0.253 e. The van der Waals surface area contributed by atoms with Gasteiger partial charge >= 0.3 is 0 Å². The maximum absolute atomic E-state index is 13.2. The van der Waals surface area contributed by atoms with Crippen LogP contribution in [0.3, 0.4) is 0 Å². The normalized spacial score (nSPS) is 29.3. The average Bonchev–Trinajstić information content (AvgIpc) is 3.29. The van der Waals surface area contributed by atoms with Crippen LogP contribution in [-0.2, 0) is 9.59 Å². The fraction of sp³-hybridized carbons (Fsp3) is 0.316. The van der Waals surface area contributed by atoms with Gasteiger partial charge in [-0.1, -0.05) is 18.2 Å². The van der Waals surface area contributed by atoms with E-state index in [4.69, 9.17) is 0 Å². The summed E-state index contributed by atoms with van der Waals surface area (Å²) in [5.41, 5.74) is 1.71. The van der Waals surface area contributed by atoms with E-state index in [1.54, 1.807) is 12.4 Å². The van der Waals surface area contributed by atoms with Crippen LogP contribution < -0.4 is 4.90 Å². The molecule has 1 aromatic carbocycles. The minimum Gasteiger partial charge on any atom is -0.274 e. The van der Waals surface area contributed by atoms with Crippen LogP contribution in [0, 0.1) is 5.92 Å². The van der Waals surface area contributed by atoms with E-state index in [9.17, 15) is 9.59 Å². The molecule has 3 saturated heterocycles. The van der Waals surface area contributed by atoms with Crippen molar-refractivity contribution in [2.45, 2.75) is 18.5 Å². The number of hydrogen-bond donors (Lipinski definition) is 0. The summed E-state index contributed by atoms with van der Waals surface area (Å²) in [5.74, 6) is -0.572. The number of pyridine rings is 1. The van der Waals surface area contributed by atoms with Crippen LogP contribution in [0.4, 0.5) is 5.69 Å². The van der Waals surface area contributed by atoms with Gasteiger partial charge in [-0.15, -0.1) is 0 Å². The summed E-state index contributed by atoms with van der Waals surface area (Å²) in [4.78, 5) is 31.9. The number of para-hydroxylation sites is 1. The van der Waals surface area contributed by atoms with Gasteiger partial charge in [-0.2, -0.15) is 0 Å². The molecule has 0 bridgehead atoms. The molecule has 3 unspecified atom stereocenters. The second-order valence-electron chi connectivity index (χ2n) is 6.72. The van der Waals surface area contributed by atoms with Gasteiger partial charge in [0.05, 0.1) is 17.6 Å². The van der Waals surface area contributed by atoms with E-state index in [1.807, 2.05) is 42.5 Å². The first-order valence-corrected chi connectivity index (χ1v) is 8.63. The Kier molecular flexibility index (Phi) is 3.23. The molecule has 2 amide bonds. The summed E-state index contributed by atoms with van der Waals surface area (Å²) in [6.07, 6.45) is 4.51. The lowest BCUT2D eigenvalue weighted by Crippen LogP contribution is -2.44. The predicted molar refractivity (Wildman–Crippen MR) is 91.2 cm³/mol. The SMILES string of the molecule is O=C1C2C(C(=O)N1c1ccccc1)N1CCCN1C2c1ccncc1. The molecule has 3 fully saturated rings. The van der Waals surface area contributed by atoms with Gasteiger partial charge < -0.3 is 0 Å². The first-order valence-electron chi connectivity index (χ1n) is 8.63. The Morgan fingerprint density at radius 2 is 1.52 bits per heavy atom. The predicted octanol–water partition coefficient (Wildman–Crippen LogP) is 1.62. The molecule has 126 valence electrons. The first kappa shape index (κ1) is 14.7. The maximum Gasteiger partial charge on any atom is 0.253 e. The first-order chi connectivity index (χ1) is 12.3. The molecule has 0 radical (unpaired) electrons. The molecule has 3 atom stereocenters. The van der Waals surface area contributed by atoms with Gasteiger partial charge in [-0.05, 0) is 36.2 Å². The quantitative estimate of drug-likeness (QED) is 0.781. The Morgan fingerprint density at radius 3 is 2.24 bits per heavy atom. The van der Waals surface area contributed by atoms with Crippen molar-refractivity contribution < 1.29 is 9.59 Å². The lowest BCUT2D eigenvalue weighted by Gasteiger charge is -2.29. The van der Waals surface area contributed by atoms with Crippen LogP contribution in [0.2, 0.25) is 0 Å². The van der Waals surface area contributed by atoms with Gasteiger partial charge in [0.1, 0.15) is 6.04 Å². The Balaban J connectivity index is 1.60. The number of carbonyl (C=O) groups is 2. The summed E-state index contributed by atoms with van der Waals surface area (Å²) in [7, 11) is 0. The molecule has 3 aliphatic rings. The molecule has 6 nitrogen and oxygen atoms in total. The molecular formula is C19H18N4O2. The zero-order valence-corrected chi connectivity index (χ0v) is 13.7. The highest BCUT2D eigenvalue weighted by Crippen LogP contribution is 2.48. The van der Waals surface area contributed by atoms with Crippen LogP contribution >= 0.6 is 0 Å². The van der Waals surface area contributed by atoms with E-state index >= 15 is 0 Å².